The Morgan fingerprint density at radius 2 is 1.62 bits per heavy atom. The van der Waals surface area contributed by atoms with Gasteiger partial charge < -0.3 is 15.0 Å². The van der Waals surface area contributed by atoms with Gasteiger partial charge in [0, 0.05) is 25.3 Å². The molecule has 196 valence electrons. The molecule has 0 fully saturated rings. The van der Waals surface area contributed by atoms with Crippen molar-refractivity contribution in [1.29, 1.82) is 0 Å². The van der Waals surface area contributed by atoms with Crippen LogP contribution in [0.15, 0.2) is 78.9 Å². The lowest BCUT2D eigenvalue weighted by Crippen LogP contribution is -2.51. The van der Waals surface area contributed by atoms with E-state index < -0.39 is 6.04 Å². The summed E-state index contributed by atoms with van der Waals surface area (Å²) in [6.07, 6.45) is 0.447. The average Bonchev–Trinajstić information content (AvgIpc) is 2.90. The minimum atomic E-state index is -0.626. The molecule has 0 unspecified atom stereocenters. The Morgan fingerprint density at radius 1 is 0.919 bits per heavy atom. The first-order valence-corrected chi connectivity index (χ1v) is 13.9. The Balaban J connectivity index is 1.86. The SMILES string of the molecule is COc1cccc(CN(C(=O)CSCc2cccc(C)c2)[C@H](Cc2ccccc2)C(=O)NCC(C)C)c1. The Morgan fingerprint density at radius 3 is 2.32 bits per heavy atom. The zero-order chi connectivity index (χ0) is 26.6. The van der Waals surface area contributed by atoms with Gasteiger partial charge in [-0.1, -0.05) is 86.1 Å². The number of methoxy groups -OCH3 is 1. The molecule has 0 saturated heterocycles. The number of carbonyl (C=O) groups is 2. The van der Waals surface area contributed by atoms with Gasteiger partial charge in [0.1, 0.15) is 11.8 Å². The Bertz CT molecular complexity index is 1150. The third kappa shape index (κ3) is 9.29. The van der Waals surface area contributed by atoms with E-state index in [-0.39, 0.29) is 11.8 Å². The van der Waals surface area contributed by atoms with Gasteiger partial charge in [-0.3, -0.25) is 9.59 Å². The summed E-state index contributed by atoms with van der Waals surface area (Å²) in [5, 5.41) is 3.07. The van der Waals surface area contributed by atoms with Crippen LogP contribution >= 0.6 is 11.8 Å². The second kappa shape index (κ2) is 14.5. The van der Waals surface area contributed by atoms with Crippen LogP contribution in [-0.4, -0.2) is 42.2 Å². The van der Waals surface area contributed by atoms with Gasteiger partial charge in [-0.2, -0.15) is 0 Å². The number of thioether (sulfide) groups is 1. The molecule has 3 aromatic rings. The molecule has 5 nitrogen and oxygen atoms in total. The van der Waals surface area contributed by atoms with Crippen LogP contribution in [0.4, 0.5) is 0 Å². The first kappa shape index (κ1) is 28.3. The summed E-state index contributed by atoms with van der Waals surface area (Å²) in [6.45, 7) is 7.08. The summed E-state index contributed by atoms with van der Waals surface area (Å²) in [6, 6.07) is 25.3. The van der Waals surface area contributed by atoms with Gasteiger partial charge in [-0.25, -0.2) is 0 Å². The molecule has 0 spiro atoms. The van der Waals surface area contributed by atoms with Gasteiger partial charge in [-0.15, -0.1) is 11.8 Å². The molecule has 37 heavy (non-hydrogen) atoms. The maximum absolute atomic E-state index is 13.7. The normalized spacial score (nSPS) is 11.7. The monoisotopic (exact) mass is 518 g/mol. The van der Waals surface area contributed by atoms with Gasteiger partial charge in [-0.05, 0) is 41.7 Å². The van der Waals surface area contributed by atoms with E-state index in [4.69, 9.17) is 4.74 Å². The van der Waals surface area contributed by atoms with E-state index in [2.05, 4.69) is 44.3 Å². The van der Waals surface area contributed by atoms with Crippen molar-refractivity contribution >= 4 is 23.6 Å². The van der Waals surface area contributed by atoms with Crippen LogP contribution in [0.3, 0.4) is 0 Å². The number of ether oxygens (including phenoxy) is 1. The molecule has 0 saturated carbocycles. The van der Waals surface area contributed by atoms with E-state index in [1.165, 1.54) is 11.1 Å². The van der Waals surface area contributed by atoms with Gasteiger partial charge in [0.05, 0.1) is 12.9 Å². The molecular formula is C31H38N2O3S. The van der Waals surface area contributed by atoms with Gasteiger partial charge in [0.25, 0.3) is 0 Å². The maximum atomic E-state index is 13.7. The summed E-state index contributed by atoms with van der Waals surface area (Å²) in [5.41, 5.74) is 4.33. The molecule has 0 aliphatic carbocycles. The number of hydrogen-bond acceptors (Lipinski definition) is 4. The average molecular weight is 519 g/mol. The molecule has 0 aliphatic heterocycles. The molecule has 0 bridgehead atoms. The Hall–Kier alpha value is -3.25. The van der Waals surface area contributed by atoms with Gasteiger partial charge in [0.2, 0.25) is 11.8 Å². The van der Waals surface area contributed by atoms with Crippen LogP contribution in [0, 0.1) is 12.8 Å². The smallest absolute Gasteiger partial charge is 0.243 e. The van der Waals surface area contributed by atoms with E-state index >= 15 is 0 Å². The largest absolute Gasteiger partial charge is 0.497 e. The Kier molecular flexibility index (Phi) is 11.1. The van der Waals surface area contributed by atoms with Gasteiger partial charge >= 0.3 is 0 Å². The standard InChI is InChI=1S/C31H38N2O3S/c1-23(2)19-32-31(35)29(18-25-11-6-5-7-12-25)33(20-26-13-9-15-28(17-26)36-4)30(34)22-37-21-27-14-8-10-24(3)16-27/h5-17,23,29H,18-22H2,1-4H3,(H,32,35)/t29-/m1/s1. The summed E-state index contributed by atoms with van der Waals surface area (Å²) >= 11 is 1.58. The fraction of sp³-hybridized carbons (Fsp3) is 0.355. The van der Waals surface area contributed by atoms with Crippen molar-refractivity contribution in [3.63, 3.8) is 0 Å². The van der Waals surface area contributed by atoms with E-state index in [0.717, 1.165) is 22.6 Å². The molecular weight excluding hydrogens is 480 g/mol. The van der Waals surface area contributed by atoms with Crippen LogP contribution in [0.2, 0.25) is 0 Å². The molecule has 1 N–H and O–H groups in total. The van der Waals surface area contributed by atoms with Crippen molar-refractivity contribution in [1.82, 2.24) is 10.2 Å². The molecule has 2 amide bonds. The summed E-state index contributed by atoms with van der Waals surface area (Å²) in [4.78, 5) is 29.0. The predicted molar refractivity (Wildman–Crippen MR) is 153 cm³/mol. The lowest BCUT2D eigenvalue weighted by Gasteiger charge is -2.32. The highest BCUT2D eigenvalue weighted by Crippen LogP contribution is 2.21. The zero-order valence-electron chi connectivity index (χ0n) is 22.3. The third-order valence-electron chi connectivity index (χ3n) is 6.02. The second-order valence-corrected chi connectivity index (χ2v) is 10.7. The lowest BCUT2D eigenvalue weighted by molar-refractivity contribution is -0.139. The van der Waals surface area contributed by atoms with Crippen LogP contribution in [0.1, 0.15) is 36.1 Å². The van der Waals surface area contributed by atoms with Crippen LogP contribution < -0.4 is 10.1 Å². The van der Waals surface area contributed by atoms with Crippen molar-refractivity contribution in [3.8, 4) is 5.75 Å². The van der Waals surface area contributed by atoms with Crippen LogP contribution in [0.5, 0.6) is 5.75 Å². The molecule has 0 heterocycles. The van der Waals surface area contributed by atoms with E-state index in [1.807, 2.05) is 60.7 Å². The number of hydrogen-bond donors (Lipinski definition) is 1. The number of benzene rings is 3. The topological polar surface area (TPSA) is 58.6 Å². The number of nitrogens with one attached hydrogen (secondary N) is 1. The highest BCUT2D eigenvalue weighted by molar-refractivity contribution is 7.99. The van der Waals surface area contributed by atoms with Crippen molar-refractivity contribution in [2.45, 2.75) is 45.5 Å². The summed E-state index contributed by atoms with van der Waals surface area (Å²) < 4.78 is 5.40. The number of amides is 2. The number of nitrogens with zero attached hydrogens (tertiary/aromatic N) is 1. The molecule has 0 aliphatic rings. The van der Waals surface area contributed by atoms with Gasteiger partial charge in [0.15, 0.2) is 0 Å². The van der Waals surface area contributed by atoms with Crippen molar-refractivity contribution in [2.24, 2.45) is 5.92 Å². The van der Waals surface area contributed by atoms with Crippen LogP contribution in [0.25, 0.3) is 0 Å². The summed E-state index contributed by atoms with van der Waals surface area (Å²) in [5.74, 6) is 1.89. The molecule has 6 heteroatoms. The molecule has 0 aromatic heterocycles. The zero-order valence-corrected chi connectivity index (χ0v) is 23.1. The van der Waals surface area contributed by atoms with Crippen molar-refractivity contribution in [2.75, 3.05) is 19.4 Å². The van der Waals surface area contributed by atoms with E-state index in [9.17, 15) is 9.59 Å². The fourth-order valence-electron chi connectivity index (χ4n) is 4.09. The Labute approximate surface area is 225 Å². The predicted octanol–water partition coefficient (Wildman–Crippen LogP) is 5.65. The van der Waals surface area contributed by atoms with Crippen molar-refractivity contribution < 1.29 is 14.3 Å². The highest BCUT2D eigenvalue weighted by Gasteiger charge is 2.30. The first-order chi connectivity index (χ1) is 17.9. The molecule has 0 radical (unpaired) electrons. The second-order valence-electron chi connectivity index (χ2n) is 9.70. The number of aryl methyl sites for hydroxylation is 1. The minimum Gasteiger partial charge on any atom is -0.497 e. The van der Waals surface area contributed by atoms with Crippen LogP contribution in [-0.2, 0) is 28.3 Å². The maximum Gasteiger partial charge on any atom is 0.243 e. The summed E-state index contributed by atoms with van der Waals surface area (Å²) in [7, 11) is 1.63. The fourth-order valence-corrected chi connectivity index (χ4v) is 4.94. The molecule has 3 rings (SSSR count). The van der Waals surface area contributed by atoms with E-state index in [0.29, 0.717) is 31.2 Å². The van der Waals surface area contributed by atoms with Crippen molar-refractivity contribution in [3.05, 3.63) is 101 Å². The quantitative estimate of drug-likeness (QED) is 0.318. The van der Waals surface area contributed by atoms with E-state index in [1.54, 1.807) is 23.8 Å². The molecule has 3 aromatic carbocycles. The number of rotatable bonds is 13. The minimum absolute atomic E-state index is 0.0545. The number of carbonyl (C=O) groups excluding carboxylic acids is 2. The lowest BCUT2D eigenvalue weighted by atomic mass is 10.0. The first-order valence-electron chi connectivity index (χ1n) is 12.7. The highest BCUT2D eigenvalue weighted by atomic mass is 32.2. The third-order valence-corrected chi connectivity index (χ3v) is 7.01. The molecule has 1 atom stereocenters.